The molecule has 1 N–H and O–H groups in total. The van der Waals surface area contributed by atoms with Crippen molar-refractivity contribution in [3.05, 3.63) is 76.3 Å². The Kier molecular flexibility index (Phi) is 7.71. The van der Waals surface area contributed by atoms with Gasteiger partial charge in [0.1, 0.15) is 17.2 Å². The lowest BCUT2D eigenvalue weighted by atomic mass is 10.1. The normalized spacial score (nSPS) is 10.5. The number of methoxy groups -OCH3 is 3. The Balaban J connectivity index is 1.81. The number of nitrogens with one attached hydrogen (secondary N) is 1. The summed E-state index contributed by atoms with van der Waals surface area (Å²) in [4.78, 5) is 14.1. The smallest absolute Gasteiger partial charge is 0.255 e. The number of anilines is 1. The topological polar surface area (TPSA) is 56.8 Å². The molecule has 7 heteroatoms. The van der Waals surface area contributed by atoms with E-state index in [2.05, 4.69) is 36.5 Å². The molecule has 0 aliphatic heterocycles. The highest BCUT2D eigenvalue weighted by Crippen LogP contribution is 2.36. The summed E-state index contributed by atoms with van der Waals surface area (Å²) in [7, 11) is 4.66. The van der Waals surface area contributed by atoms with Gasteiger partial charge in [0.25, 0.3) is 5.91 Å². The Hall–Kier alpha value is -2.83. The van der Waals surface area contributed by atoms with Gasteiger partial charge in [0.05, 0.1) is 32.0 Å². The largest absolute Gasteiger partial charge is 0.496 e. The summed E-state index contributed by atoms with van der Waals surface area (Å²) in [6.07, 6.45) is 0. The number of benzene rings is 3. The molecule has 162 valence electrons. The molecular weight excluding hydrogens is 434 g/mol. The highest BCUT2D eigenvalue weighted by atomic mass is 35.5. The molecule has 0 atom stereocenters. The second kappa shape index (κ2) is 10.5. The zero-order valence-corrected chi connectivity index (χ0v) is 19.4. The summed E-state index contributed by atoms with van der Waals surface area (Å²) >= 11 is 7.83. The maximum absolute atomic E-state index is 12.9. The van der Waals surface area contributed by atoms with Gasteiger partial charge in [0, 0.05) is 33.9 Å². The molecule has 1 amide bonds. The molecule has 0 spiro atoms. The highest BCUT2D eigenvalue weighted by molar-refractivity contribution is 7.98. The Morgan fingerprint density at radius 1 is 0.903 bits per heavy atom. The van der Waals surface area contributed by atoms with Crippen molar-refractivity contribution in [3.8, 4) is 17.2 Å². The van der Waals surface area contributed by atoms with Crippen molar-refractivity contribution in [3.63, 3.8) is 0 Å². The zero-order valence-electron chi connectivity index (χ0n) is 17.8. The van der Waals surface area contributed by atoms with Gasteiger partial charge in [-0.25, -0.2) is 0 Å². The van der Waals surface area contributed by atoms with Crippen molar-refractivity contribution in [2.24, 2.45) is 0 Å². The third kappa shape index (κ3) is 5.66. The first-order valence-electron chi connectivity index (χ1n) is 9.54. The van der Waals surface area contributed by atoms with E-state index < -0.39 is 0 Å². The zero-order chi connectivity index (χ0) is 22.4. The number of ether oxygens (including phenoxy) is 3. The Morgan fingerprint density at radius 2 is 1.58 bits per heavy atom. The summed E-state index contributed by atoms with van der Waals surface area (Å²) < 4.78 is 16.1. The Morgan fingerprint density at radius 3 is 2.23 bits per heavy atom. The molecule has 0 aliphatic rings. The van der Waals surface area contributed by atoms with E-state index in [1.807, 2.05) is 6.07 Å². The van der Waals surface area contributed by atoms with Crippen LogP contribution in [0.1, 0.15) is 21.5 Å². The van der Waals surface area contributed by atoms with Crippen LogP contribution < -0.4 is 19.5 Å². The van der Waals surface area contributed by atoms with Crippen molar-refractivity contribution in [2.75, 3.05) is 26.6 Å². The van der Waals surface area contributed by atoms with E-state index in [4.69, 9.17) is 25.8 Å². The minimum atomic E-state index is -0.271. The van der Waals surface area contributed by atoms with Crippen LogP contribution in [0.4, 0.5) is 5.69 Å². The molecular formula is C24H24ClNO4S. The lowest BCUT2D eigenvalue weighted by Crippen LogP contribution is -2.13. The third-order valence-corrected chi connectivity index (χ3v) is 6.04. The van der Waals surface area contributed by atoms with Crippen molar-refractivity contribution >= 4 is 35.0 Å². The molecule has 0 saturated heterocycles. The van der Waals surface area contributed by atoms with E-state index in [0.717, 1.165) is 16.2 Å². The average molecular weight is 458 g/mol. The fourth-order valence-corrected chi connectivity index (χ4v) is 4.09. The maximum atomic E-state index is 12.9. The molecule has 3 aromatic carbocycles. The highest BCUT2D eigenvalue weighted by Gasteiger charge is 2.15. The van der Waals surface area contributed by atoms with Crippen molar-refractivity contribution in [1.29, 1.82) is 0 Å². The summed E-state index contributed by atoms with van der Waals surface area (Å²) in [6, 6.07) is 17.0. The van der Waals surface area contributed by atoms with Crippen LogP contribution in [0.2, 0.25) is 5.02 Å². The minimum absolute atomic E-state index is 0.271. The quantitative estimate of drug-likeness (QED) is 0.407. The predicted molar refractivity (Wildman–Crippen MR) is 126 cm³/mol. The van der Waals surface area contributed by atoms with E-state index in [0.29, 0.717) is 33.5 Å². The maximum Gasteiger partial charge on any atom is 0.255 e. The Labute approximate surface area is 191 Å². The van der Waals surface area contributed by atoms with Crippen LogP contribution in [0.15, 0.2) is 59.5 Å². The molecule has 31 heavy (non-hydrogen) atoms. The average Bonchev–Trinajstić information content (AvgIpc) is 2.79. The van der Waals surface area contributed by atoms with E-state index in [1.165, 1.54) is 19.8 Å². The number of amides is 1. The molecule has 0 radical (unpaired) electrons. The van der Waals surface area contributed by atoms with E-state index >= 15 is 0 Å². The fourth-order valence-electron chi connectivity index (χ4n) is 2.98. The molecule has 0 aromatic heterocycles. The van der Waals surface area contributed by atoms with Crippen LogP contribution in [-0.2, 0) is 5.75 Å². The standard InChI is InChI=1S/C24H24ClNO4S/c1-15-5-8-18(9-6-15)31-14-17-11-16(7-10-21(17)28-2)24(27)26-20-13-22(29-3)19(25)12-23(20)30-4/h5-13H,14H2,1-4H3,(H,26,27). The van der Waals surface area contributed by atoms with Crippen LogP contribution in [0.3, 0.4) is 0 Å². The molecule has 0 fully saturated rings. The van der Waals surface area contributed by atoms with Crippen LogP contribution in [0.25, 0.3) is 0 Å². The van der Waals surface area contributed by atoms with E-state index in [1.54, 1.807) is 43.1 Å². The minimum Gasteiger partial charge on any atom is -0.496 e. The van der Waals surface area contributed by atoms with E-state index in [-0.39, 0.29) is 5.91 Å². The first-order valence-corrected chi connectivity index (χ1v) is 10.9. The molecule has 5 nitrogen and oxygen atoms in total. The molecule has 0 saturated carbocycles. The van der Waals surface area contributed by atoms with Crippen LogP contribution in [0.5, 0.6) is 17.2 Å². The predicted octanol–water partition coefficient (Wildman–Crippen LogP) is 6.22. The molecule has 0 unspecified atom stereocenters. The van der Waals surface area contributed by atoms with Crippen molar-refractivity contribution in [2.45, 2.75) is 17.6 Å². The van der Waals surface area contributed by atoms with Crippen LogP contribution >= 0.6 is 23.4 Å². The number of carbonyl (C=O) groups excluding carboxylic acids is 1. The summed E-state index contributed by atoms with van der Waals surface area (Å²) in [5.74, 6) is 2.03. The van der Waals surface area contributed by atoms with Crippen LogP contribution in [-0.4, -0.2) is 27.2 Å². The Bertz CT molecular complexity index is 1070. The fraction of sp³-hybridized carbons (Fsp3) is 0.208. The van der Waals surface area contributed by atoms with Gasteiger partial charge in [-0.3, -0.25) is 4.79 Å². The monoisotopic (exact) mass is 457 g/mol. The second-order valence-corrected chi connectivity index (χ2v) is 8.23. The van der Waals surface area contributed by atoms with Gasteiger partial charge in [0.15, 0.2) is 0 Å². The molecule has 3 aromatic rings. The number of carbonyl (C=O) groups is 1. The number of halogens is 1. The van der Waals surface area contributed by atoms with Crippen molar-refractivity contribution < 1.29 is 19.0 Å². The molecule has 0 aliphatic carbocycles. The first kappa shape index (κ1) is 22.8. The van der Waals surface area contributed by atoms with Crippen LogP contribution in [0, 0.1) is 6.92 Å². The summed E-state index contributed by atoms with van der Waals surface area (Å²) in [5, 5.41) is 3.27. The summed E-state index contributed by atoms with van der Waals surface area (Å²) in [6.45, 7) is 2.06. The molecule has 3 rings (SSSR count). The van der Waals surface area contributed by atoms with E-state index in [9.17, 15) is 4.79 Å². The molecule has 0 bridgehead atoms. The van der Waals surface area contributed by atoms with Gasteiger partial charge < -0.3 is 19.5 Å². The number of aryl methyl sites for hydroxylation is 1. The van der Waals surface area contributed by atoms with Gasteiger partial charge in [0.2, 0.25) is 0 Å². The second-order valence-electron chi connectivity index (χ2n) is 6.77. The number of hydrogen-bond donors (Lipinski definition) is 1. The first-order chi connectivity index (χ1) is 14.9. The van der Waals surface area contributed by atoms with Gasteiger partial charge in [-0.1, -0.05) is 29.3 Å². The van der Waals surface area contributed by atoms with Crippen molar-refractivity contribution in [1.82, 2.24) is 0 Å². The van der Waals surface area contributed by atoms with Gasteiger partial charge in [-0.2, -0.15) is 0 Å². The number of rotatable bonds is 8. The third-order valence-electron chi connectivity index (χ3n) is 4.68. The van der Waals surface area contributed by atoms with Gasteiger partial charge in [-0.05, 0) is 37.3 Å². The lowest BCUT2D eigenvalue weighted by molar-refractivity contribution is 0.102. The molecule has 0 heterocycles. The van der Waals surface area contributed by atoms with Gasteiger partial charge in [-0.15, -0.1) is 11.8 Å². The van der Waals surface area contributed by atoms with Gasteiger partial charge >= 0.3 is 0 Å². The number of hydrogen-bond acceptors (Lipinski definition) is 5. The lowest BCUT2D eigenvalue weighted by Gasteiger charge is -2.14. The summed E-state index contributed by atoms with van der Waals surface area (Å²) in [5.41, 5.74) is 3.13. The SMILES string of the molecule is COc1cc(NC(=O)c2ccc(OC)c(CSc3ccc(C)cc3)c2)c(OC)cc1Cl. The number of thioether (sulfide) groups is 1.